The highest BCUT2D eigenvalue weighted by molar-refractivity contribution is 7.99. The molecule has 5 rings (SSSR count). The van der Waals surface area contributed by atoms with Gasteiger partial charge in [-0.25, -0.2) is 9.50 Å². The summed E-state index contributed by atoms with van der Waals surface area (Å²) in [4.78, 5) is 18.0. The van der Waals surface area contributed by atoms with Crippen molar-refractivity contribution in [3.05, 3.63) is 90.3 Å². The zero-order valence-electron chi connectivity index (χ0n) is 17.8. The quantitative estimate of drug-likeness (QED) is 0.325. The summed E-state index contributed by atoms with van der Waals surface area (Å²) in [6, 6.07) is 23.1. The van der Waals surface area contributed by atoms with Crippen LogP contribution < -0.4 is 10.6 Å². The lowest BCUT2D eigenvalue weighted by molar-refractivity contribution is -0.115. The SMILES string of the molecule is Cc1cc(Nc2nc(Sc3cccc(NC(=O)Cc4ccccc4)c3)nn3cccc23)n[nH]1. The van der Waals surface area contributed by atoms with Crippen molar-refractivity contribution in [1.82, 2.24) is 24.8 Å². The van der Waals surface area contributed by atoms with Crippen LogP contribution in [0.25, 0.3) is 5.52 Å². The number of aryl methyl sites for hydroxylation is 1. The fourth-order valence-corrected chi connectivity index (χ4v) is 4.19. The molecule has 9 heteroatoms. The first kappa shape index (κ1) is 20.8. The zero-order valence-corrected chi connectivity index (χ0v) is 18.6. The molecule has 0 aliphatic rings. The maximum absolute atomic E-state index is 12.4. The fourth-order valence-electron chi connectivity index (χ4n) is 3.38. The average Bonchev–Trinajstić information content (AvgIpc) is 3.43. The molecule has 0 saturated heterocycles. The van der Waals surface area contributed by atoms with Crippen LogP contribution in [-0.2, 0) is 11.2 Å². The first-order chi connectivity index (χ1) is 16.1. The minimum Gasteiger partial charge on any atom is -0.326 e. The lowest BCUT2D eigenvalue weighted by Crippen LogP contribution is -2.14. The van der Waals surface area contributed by atoms with E-state index in [2.05, 4.69) is 25.9 Å². The number of carbonyl (C=O) groups is 1. The number of carbonyl (C=O) groups excluding carboxylic acids is 1. The van der Waals surface area contributed by atoms with Gasteiger partial charge in [0.2, 0.25) is 11.1 Å². The van der Waals surface area contributed by atoms with Gasteiger partial charge in [-0.1, -0.05) is 36.4 Å². The predicted octanol–water partition coefficient (Wildman–Crippen LogP) is 4.84. The van der Waals surface area contributed by atoms with Gasteiger partial charge in [0, 0.05) is 28.5 Å². The summed E-state index contributed by atoms with van der Waals surface area (Å²) in [6.45, 7) is 1.94. The van der Waals surface area contributed by atoms with Crippen LogP contribution in [0.1, 0.15) is 11.3 Å². The van der Waals surface area contributed by atoms with E-state index in [1.165, 1.54) is 11.8 Å². The maximum atomic E-state index is 12.4. The fraction of sp³-hybridized carbons (Fsp3) is 0.0833. The number of fused-ring (bicyclic) bond motifs is 1. The minimum atomic E-state index is -0.0610. The largest absolute Gasteiger partial charge is 0.326 e. The first-order valence-electron chi connectivity index (χ1n) is 10.4. The highest BCUT2D eigenvalue weighted by Crippen LogP contribution is 2.29. The molecular formula is C24H21N7OS. The molecule has 1 amide bonds. The van der Waals surface area contributed by atoms with Gasteiger partial charge in [-0.3, -0.25) is 9.89 Å². The first-order valence-corrected chi connectivity index (χ1v) is 11.2. The summed E-state index contributed by atoms with van der Waals surface area (Å²) in [7, 11) is 0. The average molecular weight is 456 g/mol. The molecule has 0 atom stereocenters. The number of hydrogen-bond donors (Lipinski definition) is 3. The molecule has 2 aromatic carbocycles. The van der Waals surface area contributed by atoms with Crippen molar-refractivity contribution >= 4 is 40.5 Å². The van der Waals surface area contributed by atoms with Gasteiger partial charge in [0.05, 0.1) is 6.42 Å². The van der Waals surface area contributed by atoms with Crippen LogP contribution in [0.3, 0.4) is 0 Å². The second-order valence-corrected chi connectivity index (χ2v) is 8.52. The number of anilines is 3. The molecule has 164 valence electrons. The number of benzene rings is 2. The number of amides is 1. The third kappa shape index (κ3) is 5.04. The monoisotopic (exact) mass is 455 g/mol. The topological polar surface area (TPSA) is 100 Å². The van der Waals surface area contributed by atoms with Gasteiger partial charge in [0.15, 0.2) is 11.6 Å². The molecule has 33 heavy (non-hydrogen) atoms. The summed E-state index contributed by atoms with van der Waals surface area (Å²) in [6.07, 6.45) is 2.20. The number of aromatic nitrogens is 5. The van der Waals surface area contributed by atoms with Crippen LogP contribution in [0, 0.1) is 6.92 Å². The minimum absolute atomic E-state index is 0.0610. The third-order valence-electron chi connectivity index (χ3n) is 4.86. The smallest absolute Gasteiger partial charge is 0.228 e. The molecule has 3 N–H and O–H groups in total. The van der Waals surface area contributed by atoms with E-state index in [4.69, 9.17) is 4.98 Å². The van der Waals surface area contributed by atoms with Crippen molar-refractivity contribution in [2.45, 2.75) is 23.4 Å². The van der Waals surface area contributed by atoms with E-state index in [0.717, 1.165) is 27.4 Å². The van der Waals surface area contributed by atoms with Crippen molar-refractivity contribution in [2.24, 2.45) is 0 Å². The van der Waals surface area contributed by atoms with Crippen LogP contribution in [0.15, 0.2) is 89.0 Å². The molecule has 0 spiro atoms. The van der Waals surface area contributed by atoms with E-state index in [0.29, 0.717) is 23.2 Å². The molecule has 0 bridgehead atoms. The van der Waals surface area contributed by atoms with Crippen molar-refractivity contribution in [1.29, 1.82) is 0 Å². The Balaban J connectivity index is 1.34. The Morgan fingerprint density at radius 2 is 1.94 bits per heavy atom. The Kier molecular flexibility index (Phi) is 5.77. The number of nitrogens with zero attached hydrogens (tertiary/aromatic N) is 4. The third-order valence-corrected chi connectivity index (χ3v) is 5.70. The molecule has 0 aliphatic carbocycles. The molecule has 8 nitrogen and oxygen atoms in total. The van der Waals surface area contributed by atoms with E-state index in [1.54, 1.807) is 4.52 Å². The maximum Gasteiger partial charge on any atom is 0.228 e. The normalized spacial score (nSPS) is 10.9. The van der Waals surface area contributed by atoms with Gasteiger partial charge >= 0.3 is 0 Å². The summed E-state index contributed by atoms with van der Waals surface area (Å²) < 4.78 is 1.78. The van der Waals surface area contributed by atoms with E-state index in [-0.39, 0.29) is 5.91 Å². The van der Waals surface area contributed by atoms with Gasteiger partial charge in [-0.15, -0.1) is 5.10 Å². The van der Waals surface area contributed by atoms with Crippen LogP contribution in [0.2, 0.25) is 0 Å². The molecule has 3 heterocycles. The summed E-state index contributed by atoms with van der Waals surface area (Å²) >= 11 is 1.42. The lowest BCUT2D eigenvalue weighted by atomic mass is 10.1. The van der Waals surface area contributed by atoms with Crippen molar-refractivity contribution in [2.75, 3.05) is 10.6 Å². The molecule has 0 aliphatic heterocycles. The highest BCUT2D eigenvalue weighted by Gasteiger charge is 2.12. The number of hydrogen-bond acceptors (Lipinski definition) is 6. The molecule has 0 radical (unpaired) electrons. The van der Waals surface area contributed by atoms with Crippen molar-refractivity contribution in [3.63, 3.8) is 0 Å². The summed E-state index contributed by atoms with van der Waals surface area (Å²) in [5.41, 5.74) is 3.51. The zero-order chi connectivity index (χ0) is 22.6. The van der Waals surface area contributed by atoms with Gasteiger partial charge in [-0.05, 0) is 54.6 Å². The molecular weight excluding hydrogens is 434 g/mol. The number of rotatable bonds is 7. The lowest BCUT2D eigenvalue weighted by Gasteiger charge is -2.09. The van der Waals surface area contributed by atoms with E-state index in [9.17, 15) is 4.79 Å². The Hall–Kier alpha value is -4.11. The van der Waals surface area contributed by atoms with Crippen LogP contribution >= 0.6 is 11.8 Å². The Morgan fingerprint density at radius 3 is 2.76 bits per heavy atom. The van der Waals surface area contributed by atoms with E-state index >= 15 is 0 Å². The standard InChI is InChI=1S/C24H21N7OS/c1-16-13-21(29-28-16)26-23-20-11-6-12-31(20)30-24(27-23)33-19-10-5-9-18(15-19)25-22(32)14-17-7-3-2-4-8-17/h2-13,15H,14H2,1H3,(H,25,32)(H2,26,27,28,29,30). The predicted molar refractivity (Wildman–Crippen MR) is 129 cm³/mol. The number of nitrogens with one attached hydrogen (secondary N) is 3. The Morgan fingerprint density at radius 1 is 1.06 bits per heavy atom. The highest BCUT2D eigenvalue weighted by atomic mass is 32.2. The molecule has 0 unspecified atom stereocenters. The molecule has 0 fully saturated rings. The van der Waals surface area contributed by atoms with Crippen LogP contribution in [0.5, 0.6) is 0 Å². The molecule has 5 aromatic rings. The van der Waals surface area contributed by atoms with E-state index in [1.807, 2.05) is 85.9 Å². The van der Waals surface area contributed by atoms with Gasteiger partial charge < -0.3 is 10.6 Å². The van der Waals surface area contributed by atoms with E-state index < -0.39 is 0 Å². The van der Waals surface area contributed by atoms with Crippen molar-refractivity contribution in [3.8, 4) is 0 Å². The summed E-state index contributed by atoms with van der Waals surface area (Å²) in [5, 5.41) is 18.5. The second-order valence-electron chi connectivity index (χ2n) is 7.48. The number of H-pyrrole nitrogens is 1. The number of aromatic amines is 1. The van der Waals surface area contributed by atoms with Crippen LogP contribution in [-0.4, -0.2) is 30.7 Å². The van der Waals surface area contributed by atoms with Crippen LogP contribution in [0.4, 0.5) is 17.3 Å². The Labute approximate surface area is 194 Å². The molecule has 0 saturated carbocycles. The second kappa shape index (κ2) is 9.17. The Bertz CT molecular complexity index is 1410. The van der Waals surface area contributed by atoms with Gasteiger partial charge in [0.1, 0.15) is 5.52 Å². The van der Waals surface area contributed by atoms with Crippen molar-refractivity contribution < 1.29 is 4.79 Å². The van der Waals surface area contributed by atoms with Gasteiger partial charge in [0.25, 0.3) is 0 Å². The summed E-state index contributed by atoms with van der Waals surface area (Å²) in [5.74, 6) is 1.29. The molecule has 3 aromatic heterocycles. The van der Waals surface area contributed by atoms with Gasteiger partial charge in [-0.2, -0.15) is 5.10 Å².